The number of hydrogen-bond acceptors (Lipinski definition) is 11. The largest absolute Gasteiger partial charge is 0.463 e. The number of hydrogen-bond donors (Lipinski definition) is 1. The molecule has 12 nitrogen and oxygen atoms in total. The summed E-state index contributed by atoms with van der Waals surface area (Å²) in [5.74, 6) is -0.442. The molecule has 0 bridgehead atoms. The fourth-order valence-electron chi connectivity index (χ4n) is 4.29. The molecule has 0 aromatic carbocycles. The van der Waals surface area contributed by atoms with Crippen LogP contribution in [0.2, 0.25) is 0 Å². The lowest BCUT2D eigenvalue weighted by Crippen LogP contribution is -2.58. The Hall–Kier alpha value is -1.42. The van der Waals surface area contributed by atoms with Gasteiger partial charge in [-0.05, 0) is 39.5 Å². The Bertz CT molecular complexity index is 758. The van der Waals surface area contributed by atoms with E-state index in [2.05, 4.69) is 43.8 Å². The second-order valence-corrected chi connectivity index (χ2v) is 11.7. The number of nitriles is 1. The van der Waals surface area contributed by atoms with Crippen molar-refractivity contribution in [1.29, 1.82) is 5.26 Å². The van der Waals surface area contributed by atoms with E-state index in [1.165, 1.54) is 13.8 Å². The summed E-state index contributed by atoms with van der Waals surface area (Å²) in [6.45, 7) is 17.8. The lowest BCUT2D eigenvalue weighted by Gasteiger charge is -2.44. The summed E-state index contributed by atoms with van der Waals surface area (Å²) in [4.78, 5) is 23.0. The van der Waals surface area contributed by atoms with Crippen LogP contribution in [0, 0.1) is 23.2 Å². The van der Waals surface area contributed by atoms with E-state index in [9.17, 15) is 9.59 Å². The number of rotatable bonds is 20. The summed E-state index contributed by atoms with van der Waals surface area (Å²) in [6.07, 6.45) is -0.706. The second-order valence-electron chi connectivity index (χ2n) is 10.3. The number of ether oxygens (including phenoxy) is 5. The zero-order valence-corrected chi connectivity index (χ0v) is 26.3. The van der Waals surface area contributed by atoms with Gasteiger partial charge in [0.25, 0.3) is 8.53 Å². The third kappa shape index (κ3) is 14.0. The summed E-state index contributed by atoms with van der Waals surface area (Å²) in [6, 6.07) is 2.24. The molecule has 1 aliphatic heterocycles. The van der Waals surface area contributed by atoms with Crippen molar-refractivity contribution in [1.82, 2.24) is 9.99 Å². The molecule has 6 atom stereocenters. The fourth-order valence-corrected chi connectivity index (χ4v) is 5.87. The van der Waals surface area contributed by atoms with Crippen LogP contribution in [0.1, 0.15) is 61.8 Å². The topological polar surface area (TPSA) is 138 Å². The number of esters is 1. The Kier molecular flexibility index (Phi) is 18.7. The standard InChI is InChI=1S/C27H50N3O9P/c1-19(2)30(20(3)4)40(37-11-9-10-28)38-17-15-34-13-12-33-14-16-35-27-26(29-23(7)31)22(6)21(5)25(39-27)18-36-24(8)32/h19-22,25-27H,9,11-18H2,1-8H3,(H,29,31)/t21-,22+,25-,26-,27-,40?/m1/s1. The molecule has 13 heteroatoms. The molecule has 40 heavy (non-hydrogen) atoms. The molecule has 1 saturated heterocycles. The number of carbonyl (C=O) groups is 2. The van der Waals surface area contributed by atoms with Gasteiger partial charge < -0.3 is 38.0 Å². The lowest BCUT2D eigenvalue weighted by molar-refractivity contribution is -0.247. The minimum Gasteiger partial charge on any atom is -0.463 e. The lowest BCUT2D eigenvalue weighted by atomic mass is 9.82. The van der Waals surface area contributed by atoms with Gasteiger partial charge in [0.05, 0.1) is 70.9 Å². The van der Waals surface area contributed by atoms with Crippen molar-refractivity contribution in [2.45, 2.75) is 92.3 Å². The SMILES string of the molecule is CC(=O)N[C@H]1[C@H](OCCOCCOCCOP(OCCC#N)N(C(C)C)C(C)C)O[C@H](COC(C)=O)[C@H](C)[C@@H]1C. The van der Waals surface area contributed by atoms with Gasteiger partial charge in [-0.25, -0.2) is 4.67 Å². The first-order valence-electron chi connectivity index (χ1n) is 14.0. The van der Waals surface area contributed by atoms with Gasteiger partial charge in [0.15, 0.2) is 6.29 Å². The molecule has 0 aliphatic carbocycles. The molecule has 0 saturated carbocycles. The van der Waals surface area contributed by atoms with Gasteiger partial charge in [0.2, 0.25) is 5.91 Å². The maximum atomic E-state index is 11.8. The molecule has 0 spiro atoms. The van der Waals surface area contributed by atoms with Crippen molar-refractivity contribution < 1.29 is 42.3 Å². The molecule has 0 aromatic rings. The first-order valence-corrected chi connectivity index (χ1v) is 15.2. The average Bonchev–Trinajstić information content (AvgIpc) is 2.87. The maximum absolute atomic E-state index is 11.8. The van der Waals surface area contributed by atoms with Gasteiger partial charge in [-0.3, -0.25) is 9.59 Å². The summed E-state index contributed by atoms with van der Waals surface area (Å²) < 4.78 is 42.4. The first kappa shape index (κ1) is 36.6. The summed E-state index contributed by atoms with van der Waals surface area (Å²) in [5, 5.41) is 11.7. The van der Waals surface area contributed by atoms with Crippen LogP contribution in [-0.2, 0) is 42.3 Å². The van der Waals surface area contributed by atoms with Crippen molar-refractivity contribution in [2.24, 2.45) is 11.8 Å². The van der Waals surface area contributed by atoms with E-state index in [1.54, 1.807) is 0 Å². The van der Waals surface area contributed by atoms with Gasteiger partial charge in [-0.15, -0.1) is 0 Å². The Morgan fingerprint density at radius 3 is 2.05 bits per heavy atom. The van der Waals surface area contributed by atoms with E-state index in [0.717, 1.165) is 0 Å². The minimum atomic E-state index is -1.29. The van der Waals surface area contributed by atoms with Crippen LogP contribution < -0.4 is 5.32 Å². The maximum Gasteiger partial charge on any atom is 0.302 e. The van der Waals surface area contributed by atoms with Crippen LogP contribution in [0.5, 0.6) is 0 Å². The first-order chi connectivity index (χ1) is 19.0. The van der Waals surface area contributed by atoms with Gasteiger partial charge >= 0.3 is 5.97 Å². The second kappa shape index (κ2) is 20.5. The summed E-state index contributed by atoms with van der Waals surface area (Å²) in [5.41, 5.74) is 0. The van der Waals surface area contributed by atoms with Crippen molar-refractivity contribution in [3.63, 3.8) is 0 Å². The molecule has 1 rings (SSSR count). The Morgan fingerprint density at radius 1 is 0.925 bits per heavy atom. The molecule has 1 fully saturated rings. The zero-order valence-electron chi connectivity index (χ0n) is 25.4. The molecule has 1 N–H and O–H groups in total. The molecular weight excluding hydrogens is 541 g/mol. The summed E-state index contributed by atoms with van der Waals surface area (Å²) >= 11 is 0. The predicted molar refractivity (Wildman–Crippen MR) is 150 cm³/mol. The van der Waals surface area contributed by atoms with E-state index < -0.39 is 14.8 Å². The van der Waals surface area contributed by atoms with Crippen molar-refractivity contribution in [3.05, 3.63) is 0 Å². The zero-order chi connectivity index (χ0) is 30.1. The molecule has 1 amide bonds. The molecule has 0 radical (unpaired) electrons. The third-order valence-electron chi connectivity index (χ3n) is 6.38. The van der Waals surface area contributed by atoms with Crippen LogP contribution in [0.25, 0.3) is 0 Å². The van der Waals surface area contributed by atoms with Gasteiger partial charge in [-0.1, -0.05) is 13.8 Å². The molecular formula is C27H50N3O9P. The molecule has 232 valence electrons. The minimum absolute atomic E-state index is 0.0469. The average molecular weight is 592 g/mol. The monoisotopic (exact) mass is 591 g/mol. The van der Waals surface area contributed by atoms with E-state index in [1.807, 2.05) is 13.8 Å². The quantitative estimate of drug-likeness (QED) is 0.127. The van der Waals surface area contributed by atoms with Crippen LogP contribution in [0.3, 0.4) is 0 Å². The predicted octanol–water partition coefficient (Wildman–Crippen LogP) is 3.39. The smallest absolute Gasteiger partial charge is 0.302 e. The number of carbonyl (C=O) groups excluding carboxylic acids is 2. The van der Waals surface area contributed by atoms with Crippen LogP contribution in [0.15, 0.2) is 0 Å². The van der Waals surface area contributed by atoms with Crippen molar-refractivity contribution in [3.8, 4) is 6.07 Å². The number of nitrogens with zero attached hydrogens (tertiary/aromatic N) is 2. The number of nitrogens with one attached hydrogen (secondary N) is 1. The highest BCUT2D eigenvalue weighted by Crippen LogP contribution is 2.45. The Labute approximate surface area is 241 Å². The van der Waals surface area contributed by atoms with Crippen molar-refractivity contribution in [2.75, 3.05) is 52.9 Å². The van der Waals surface area contributed by atoms with Gasteiger partial charge in [-0.2, -0.15) is 5.26 Å². The van der Waals surface area contributed by atoms with Crippen LogP contribution in [0.4, 0.5) is 0 Å². The molecule has 1 aliphatic rings. The van der Waals surface area contributed by atoms with Crippen LogP contribution in [-0.4, -0.2) is 99.9 Å². The highest BCUT2D eigenvalue weighted by Gasteiger charge is 2.43. The van der Waals surface area contributed by atoms with E-state index in [4.69, 9.17) is 38.0 Å². The van der Waals surface area contributed by atoms with E-state index >= 15 is 0 Å². The van der Waals surface area contributed by atoms with Gasteiger partial charge in [0.1, 0.15) is 6.61 Å². The molecule has 1 heterocycles. The Morgan fingerprint density at radius 2 is 1.50 bits per heavy atom. The van der Waals surface area contributed by atoms with Gasteiger partial charge in [0, 0.05) is 25.9 Å². The van der Waals surface area contributed by atoms with Crippen molar-refractivity contribution >= 4 is 20.4 Å². The normalized spacial score (nSPS) is 23.8. The van der Waals surface area contributed by atoms with Crippen LogP contribution >= 0.6 is 8.53 Å². The summed E-state index contributed by atoms with van der Waals surface area (Å²) in [7, 11) is -1.29. The Balaban J connectivity index is 2.37. The van der Waals surface area contributed by atoms with E-state index in [0.29, 0.717) is 46.1 Å². The molecule has 0 aromatic heterocycles. The number of amides is 1. The highest BCUT2D eigenvalue weighted by atomic mass is 31.2. The third-order valence-corrected chi connectivity index (χ3v) is 8.49. The highest BCUT2D eigenvalue weighted by molar-refractivity contribution is 7.44. The fraction of sp³-hybridized carbons (Fsp3) is 0.889. The van der Waals surface area contributed by atoms with E-state index in [-0.39, 0.29) is 61.2 Å². The molecule has 1 unspecified atom stereocenters.